The van der Waals surface area contributed by atoms with Crippen molar-refractivity contribution in [2.45, 2.75) is 36.5 Å². The molecule has 2 aliphatic rings. The van der Waals surface area contributed by atoms with Gasteiger partial charge in [0.25, 0.3) is 0 Å². The molecule has 2 aromatic carbocycles. The maximum Gasteiger partial charge on any atom is 0.240 e. The third-order valence-electron chi connectivity index (χ3n) is 4.62. The van der Waals surface area contributed by atoms with Gasteiger partial charge in [-0.05, 0) is 50.1 Å². The fourth-order valence-electron chi connectivity index (χ4n) is 3.45. The van der Waals surface area contributed by atoms with E-state index in [2.05, 4.69) is 13.0 Å². The summed E-state index contributed by atoms with van der Waals surface area (Å²) in [5, 5.41) is -0.170. The molecule has 0 saturated heterocycles. The molecule has 0 bridgehead atoms. The van der Waals surface area contributed by atoms with Crippen molar-refractivity contribution in [2.75, 3.05) is 18.1 Å². The standard InChI is InChI=1S/C20H21NO3S/c1-13-11-15-5-3-4-6-17(15)21(13)20(22)14(2)25-16-7-8-18-19(12-16)24-10-9-23-18/h3-8,12-14H,9-11H2,1-2H3/t13-,14+/m1/s1. The molecule has 0 saturated carbocycles. The van der Waals surface area contributed by atoms with Crippen LogP contribution in [0.2, 0.25) is 0 Å². The lowest BCUT2D eigenvalue weighted by Gasteiger charge is -2.26. The van der Waals surface area contributed by atoms with E-state index in [-0.39, 0.29) is 17.2 Å². The van der Waals surface area contributed by atoms with Crippen LogP contribution in [0.5, 0.6) is 11.5 Å². The van der Waals surface area contributed by atoms with Gasteiger partial charge in [-0.3, -0.25) is 4.79 Å². The van der Waals surface area contributed by atoms with Crippen LogP contribution in [0.1, 0.15) is 19.4 Å². The minimum Gasteiger partial charge on any atom is -0.486 e. The maximum atomic E-state index is 13.1. The summed E-state index contributed by atoms with van der Waals surface area (Å²) in [7, 11) is 0. The number of rotatable bonds is 3. The minimum absolute atomic E-state index is 0.150. The third kappa shape index (κ3) is 3.09. The Kier molecular flexibility index (Phi) is 4.34. The summed E-state index contributed by atoms with van der Waals surface area (Å²) in [6.45, 7) is 5.23. The average Bonchev–Trinajstić information content (AvgIpc) is 2.96. The number of ether oxygens (including phenoxy) is 2. The normalized spacial score (nSPS) is 19.4. The van der Waals surface area contributed by atoms with Crippen LogP contribution in [0, 0.1) is 0 Å². The number of hydrogen-bond donors (Lipinski definition) is 0. The molecule has 0 aromatic heterocycles. The Morgan fingerprint density at radius 2 is 1.92 bits per heavy atom. The molecule has 1 amide bonds. The van der Waals surface area contributed by atoms with Gasteiger partial charge in [0, 0.05) is 16.6 Å². The monoisotopic (exact) mass is 355 g/mol. The SMILES string of the molecule is C[C@H](Sc1ccc2c(c1)OCCO2)C(=O)N1c2ccccc2C[C@H]1C. The quantitative estimate of drug-likeness (QED) is 0.783. The number of para-hydroxylation sites is 1. The second-order valence-corrected chi connectivity index (χ2v) is 7.87. The molecule has 0 unspecified atom stereocenters. The summed E-state index contributed by atoms with van der Waals surface area (Å²) in [5.74, 6) is 1.68. The number of carbonyl (C=O) groups is 1. The van der Waals surface area contributed by atoms with Gasteiger partial charge in [0.2, 0.25) is 5.91 Å². The first-order chi connectivity index (χ1) is 12.1. The number of hydrogen-bond acceptors (Lipinski definition) is 4. The van der Waals surface area contributed by atoms with E-state index in [1.165, 1.54) is 5.56 Å². The van der Waals surface area contributed by atoms with Gasteiger partial charge >= 0.3 is 0 Å². The van der Waals surface area contributed by atoms with Crippen LogP contribution in [0.15, 0.2) is 47.4 Å². The molecule has 0 aliphatic carbocycles. The predicted octanol–water partition coefficient (Wildman–Crippen LogP) is 3.92. The van der Waals surface area contributed by atoms with Crippen LogP contribution in [0.3, 0.4) is 0 Å². The van der Waals surface area contributed by atoms with Crippen LogP contribution < -0.4 is 14.4 Å². The predicted molar refractivity (Wildman–Crippen MR) is 99.8 cm³/mol. The van der Waals surface area contributed by atoms with Crippen molar-refractivity contribution in [3.05, 3.63) is 48.0 Å². The van der Waals surface area contributed by atoms with Crippen LogP contribution in [0.25, 0.3) is 0 Å². The summed E-state index contributed by atoms with van der Waals surface area (Å²) in [4.78, 5) is 16.0. The zero-order chi connectivity index (χ0) is 17.4. The fraction of sp³-hybridized carbons (Fsp3) is 0.350. The van der Waals surface area contributed by atoms with Crippen molar-refractivity contribution < 1.29 is 14.3 Å². The molecular weight excluding hydrogens is 334 g/mol. The first-order valence-electron chi connectivity index (χ1n) is 8.61. The Balaban J connectivity index is 1.51. The Morgan fingerprint density at radius 1 is 1.16 bits per heavy atom. The second-order valence-electron chi connectivity index (χ2n) is 6.46. The molecule has 25 heavy (non-hydrogen) atoms. The smallest absolute Gasteiger partial charge is 0.240 e. The summed E-state index contributed by atoms with van der Waals surface area (Å²) in [6, 6.07) is 14.3. The largest absolute Gasteiger partial charge is 0.486 e. The Hall–Kier alpha value is -2.14. The van der Waals surface area contributed by atoms with Gasteiger partial charge in [-0.1, -0.05) is 18.2 Å². The van der Waals surface area contributed by atoms with Crippen molar-refractivity contribution in [3.8, 4) is 11.5 Å². The number of amides is 1. The van der Waals surface area contributed by atoms with E-state index in [9.17, 15) is 4.79 Å². The van der Waals surface area contributed by atoms with Crippen molar-refractivity contribution in [2.24, 2.45) is 0 Å². The van der Waals surface area contributed by atoms with E-state index < -0.39 is 0 Å². The van der Waals surface area contributed by atoms with Crippen molar-refractivity contribution in [1.82, 2.24) is 0 Å². The van der Waals surface area contributed by atoms with E-state index >= 15 is 0 Å². The number of anilines is 1. The molecule has 4 nitrogen and oxygen atoms in total. The molecule has 5 heteroatoms. The Morgan fingerprint density at radius 3 is 2.76 bits per heavy atom. The lowest BCUT2D eigenvalue weighted by Crippen LogP contribution is -2.40. The molecule has 2 aliphatic heterocycles. The fourth-order valence-corrected chi connectivity index (χ4v) is 4.39. The third-order valence-corrected chi connectivity index (χ3v) is 5.70. The van der Waals surface area contributed by atoms with Crippen LogP contribution in [-0.2, 0) is 11.2 Å². The van der Waals surface area contributed by atoms with Crippen molar-refractivity contribution in [1.29, 1.82) is 0 Å². The average molecular weight is 355 g/mol. The summed E-state index contributed by atoms with van der Waals surface area (Å²) < 4.78 is 11.2. The van der Waals surface area contributed by atoms with E-state index in [1.54, 1.807) is 11.8 Å². The molecule has 0 N–H and O–H groups in total. The minimum atomic E-state index is -0.170. The molecule has 0 fully saturated rings. The topological polar surface area (TPSA) is 38.8 Å². The lowest BCUT2D eigenvalue weighted by atomic mass is 10.1. The second kappa shape index (κ2) is 6.64. The van der Waals surface area contributed by atoms with E-state index in [0.29, 0.717) is 13.2 Å². The summed E-state index contributed by atoms with van der Waals surface area (Å²) in [6.07, 6.45) is 0.920. The Labute approximate surface area is 152 Å². The molecule has 2 heterocycles. The first-order valence-corrected chi connectivity index (χ1v) is 9.49. The molecule has 4 rings (SSSR count). The molecule has 130 valence electrons. The van der Waals surface area contributed by atoms with Gasteiger partial charge in [-0.15, -0.1) is 11.8 Å². The van der Waals surface area contributed by atoms with Crippen LogP contribution in [0.4, 0.5) is 5.69 Å². The van der Waals surface area contributed by atoms with Crippen LogP contribution >= 0.6 is 11.8 Å². The number of benzene rings is 2. The first kappa shape index (κ1) is 16.3. The number of fused-ring (bicyclic) bond motifs is 2. The number of thioether (sulfide) groups is 1. The molecule has 0 radical (unpaired) electrons. The highest BCUT2D eigenvalue weighted by molar-refractivity contribution is 8.00. The van der Waals surface area contributed by atoms with Gasteiger partial charge in [0.15, 0.2) is 11.5 Å². The van der Waals surface area contributed by atoms with Gasteiger partial charge in [-0.25, -0.2) is 0 Å². The van der Waals surface area contributed by atoms with Crippen molar-refractivity contribution >= 4 is 23.4 Å². The highest BCUT2D eigenvalue weighted by Gasteiger charge is 2.33. The van der Waals surface area contributed by atoms with Gasteiger partial charge in [-0.2, -0.15) is 0 Å². The summed E-state index contributed by atoms with van der Waals surface area (Å²) in [5.41, 5.74) is 2.30. The number of nitrogens with zero attached hydrogens (tertiary/aromatic N) is 1. The lowest BCUT2D eigenvalue weighted by molar-refractivity contribution is -0.118. The zero-order valence-corrected chi connectivity index (χ0v) is 15.2. The van der Waals surface area contributed by atoms with E-state index in [4.69, 9.17) is 9.47 Å². The summed E-state index contributed by atoms with van der Waals surface area (Å²) >= 11 is 1.56. The maximum absolute atomic E-state index is 13.1. The van der Waals surface area contributed by atoms with Crippen molar-refractivity contribution in [3.63, 3.8) is 0 Å². The zero-order valence-electron chi connectivity index (χ0n) is 14.4. The number of carbonyl (C=O) groups excluding carboxylic acids is 1. The van der Waals surface area contributed by atoms with E-state index in [1.807, 2.05) is 48.2 Å². The highest BCUT2D eigenvalue weighted by atomic mass is 32.2. The van der Waals surface area contributed by atoms with Gasteiger partial charge in [0.05, 0.1) is 5.25 Å². The molecule has 2 atom stereocenters. The van der Waals surface area contributed by atoms with E-state index in [0.717, 1.165) is 28.5 Å². The van der Waals surface area contributed by atoms with Gasteiger partial charge < -0.3 is 14.4 Å². The molecule has 2 aromatic rings. The highest BCUT2D eigenvalue weighted by Crippen LogP contribution is 2.38. The van der Waals surface area contributed by atoms with Gasteiger partial charge in [0.1, 0.15) is 13.2 Å². The van der Waals surface area contributed by atoms with Crippen LogP contribution in [-0.4, -0.2) is 30.4 Å². The molecule has 0 spiro atoms. The Bertz CT molecular complexity index is 807. The molecular formula is C20H21NO3S.